The fourth-order valence-corrected chi connectivity index (χ4v) is 5.07. The van der Waals surface area contributed by atoms with Crippen LogP contribution in [0.15, 0.2) is 28.5 Å². The van der Waals surface area contributed by atoms with Gasteiger partial charge in [0.25, 0.3) is 0 Å². The molecule has 2 saturated heterocycles. The first-order valence-electron chi connectivity index (χ1n) is 9.41. The number of hydrogen-bond donors (Lipinski definition) is 2. The number of nitrogens with zero attached hydrogens (tertiary/aromatic N) is 4. The molecule has 7 nitrogen and oxygen atoms in total. The molecule has 0 aromatic carbocycles. The monoisotopic (exact) mass is 421 g/mol. The molecule has 2 aromatic heterocycles. The summed E-state index contributed by atoms with van der Waals surface area (Å²) in [4.78, 5) is 16.0. The molecule has 4 rings (SSSR count). The first-order chi connectivity index (χ1) is 13.5. The van der Waals surface area contributed by atoms with E-state index < -0.39 is 0 Å². The largest absolute Gasteiger partial charge is 0.390 e. The number of nitrogen functional groups attached to an aromatic ring is 1. The molecule has 28 heavy (non-hydrogen) atoms. The van der Waals surface area contributed by atoms with Gasteiger partial charge in [0.05, 0.1) is 41.9 Å². The van der Waals surface area contributed by atoms with Gasteiger partial charge in [-0.05, 0) is 49.4 Å². The number of ether oxygens (including phenoxy) is 1. The van der Waals surface area contributed by atoms with Gasteiger partial charge in [-0.15, -0.1) is 0 Å². The van der Waals surface area contributed by atoms with E-state index in [0.717, 1.165) is 49.5 Å². The Labute approximate surface area is 173 Å². The lowest BCUT2D eigenvalue weighted by molar-refractivity contribution is 0.0976. The van der Waals surface area contributed by atoms with Crippen molar-refractivity contribution in [1.29, 1.82) is 0 Å². The molecule has 2 aliphatic rings. The maximum atomic E-state index is 9.88. The van der Waals surface area contributed by atoms with Crippen molar-refractivity contribution in [2.75, 3.05) is 30.3 Å². The van der Waals surface area contributed by atoms with Gasteiger partial charge in [-0.2, -0.15) is 0 Å². The third-order valence-corrected chi connectivity index (χ3v) is 7.06. The molecule has 0 aliphatic carbocycles. The summed E-state index contributed by atoms with van der Waals surface area (Å²) in [6, 6.07) is 1.77. The zero-order chi connectivity index (χ0) is 19.7. The van der Waals surface area contributed by atoms with Crippen LogP contribution >= 0.6 is 23.4 Å². The molecule has 9 heteroatoms. The molecule has 2 fully saturated rings. The summed E-state index contributed by atoms with van der Waals surface area (Å²) < 4.78 is 5.81. The van der Waals surface area contributed by atoms with Crippen LogP contribution in [0, 0.1) is 5.41 Å². The summed E-state index contributed by atoms with van der Waals surface area (Å²) in [5.41, 5.74) is 7.59. The lowest BCUT2D eigenvalue weighted by Crippen LogP contribution is -2.41. The van der Waals surface area contributed by atoms with Crippen molar-refractivity contribution in [2.24, 2.45) is 5.41 Å². The first kappa shape index (κ1) is 19.7. The lowest BCUT2D eigenvalue weighted by atomic mass is 9.77. The average molecular weight is 422 g/mol. The normalized spacial score (nSPS) is 21.4. The molecule has 4 heterocycles. The molecule has 0 saturated carbocycles. The maximum Gasteiger partial charge on any atom is 0.192 e. The summed E-state index contributed by atoms with van der Waals surface area (Å²) in [5, 5.41) is 10.8. The van der Waals surface area contributed by atoms with Crippen LogP contribution in [0.2, 0.25) is 5.02 Å². The van der Waals surface area contributed by atoms with Crippen LogP contribution in [0.25, 0.3) is 0 Å². The highest BCUT2D eigenvalue weighted by Crippen LogP contribution is 2.43. The predicted octanol–water partition coefficient (Wildman–Crippen LogP) is 3.15. The van der Waals surface area contributed by atoms with E-state index in [-0.39, 0.29) is 12.4 Å². The van der Waals surface area contributed by atoms with Crippen molar-refractivity contribution < 1.29 is 9.84 Å². The van der Waals surface area contributed by atoms with Gasteiger partial charge in [0.2, 0.25) is 0 Å². The van der Waals surface area contributed by atoms with Crippen molar-refractivity contribution in [1.82, 2.24) is 15.0 Å². The quantitative estimate of drug-likeness (QED) is 0.726. The van der Waals surface area contributed by atoms with E-state index in [1.807, 2.05) is 0 Å². The van der Waals surface area contributed by atoms with Crippen LogP contribution in [0.3, 0.4) is 0 Å². The van der Waals surface area contributed by atoms with Crippen LogP contribution in [-0.4, -0.2) is 45.9 Å². The standard InChI is InChI=1S/C19H24ClN5O2S/c1-12-8-19(11-27-12)3-6-25(7-4-19)14-9-23-18(24-13(14)10-26)28-15-2-5-22-17(21)16(15)20/h2,5,9,12,26H,3-4,6-8,10-11H2,1H3,(H2,21,22)/t12-/m0/s1. The van der Waals surface area contributed by atoms with E-state index in [1.54, 1.807) is 18.5 Å². The van der Waals surface area contributed by atoms with Gasteiger partial charge in [0.1, 0.15) is 5.82 Å². The van der Waals surface area contributed by atoms with Gasteiger partial charge >= 0.3 is 0 Å². The van der Waals surface area contributed by atoms with Crippen molar-refractivity contribution in [3.63, 3.8) is 0 Å². The van der Waals surface area contributed by atoms with E-state index in [4.69, 9.17) is 22.1 Å². The second-order valence-electron chi connectivity index (χ2n) is 7.57. The van der Waals surface area contributed by atoms with Crippen molar-refractivity contribution in [3.05, 3.63) is 29.2 Å². The van der Waals surface area contributed by atoms with E-state index in [1.165, 1.54) is 11.8 Å². The van der Waals surface area contributed by atoms with E-state index in [2.05, 4.69) is 26.8 Å². The van der Waals surface area contributed by atoms with Gasteiger partial charge in [0, 0.05) is 24.2 Å². The Morgan fingerprint density at radius 3 is 2.86 bits per heavy atom. The molecule has 150 valence electrons. The summed E-state index contributed by atoms with van der Waals surface area (Å²) >= 11 is 7.52. The third-order valence-electron chi connectivity index (χ3n) is 5.61. The molecule has 1 atom stereocenters. The van der Waals surface area contributed by atoms with Gasteiger partial charge in [-0.1, -0.05) is 11.6 Å². The highest BCUT2D eigenvalue weighted by Gasteiger charge is 2.41. The fourth-order valence-electron chi connectivity index (χ4n) is 4.06. The van der Waals surface area contributed by atoms with Gasteiger partial charge in [-0.3, -0.25) is 0 Å². The molecule has 0 bridgehead atoms. The number of halogens is 1. The summed E-state index contributed by atoms with van der Waals surface area (Å²) in [7, 11) is 0. The predicted molar refractivity (Wildman–Crippen MR) is 110 cm³/mol. The number of aromatic nitrogens is 3. The summed E-state index contributed by atoms with van der Waals surface area (Å²) in [6.07, 6.45) is 7.06. The van der Waals surface area contributed by atoms with Gasteiger partial charge in [-0.25, -0.2) is 15.0 Å². The van der Waals surface area contributed by atoms with Crippen LogP contribution in [0.5, 0.6) is 0 Å². The molecule has 0 radical (unpaired) electrons. The molecule has 1 spiro atoms. The number of nitrogens with two attached hydrogens (primary N) is 1. The number of pyridine rings is 1. The highest BCUT2D eigenvalue weighted by atomic mass is 35.5. The zero-order valence-electron chi connectivity index (χ0n) is 15.8. The second kappa shape index (κ2) is 8.02. The first-order valence-corrected chi connectivity index (χ1v) is 10.6. The van der Waals surface area contributed by atoms with Crippen LogP contribution in [0.1, 0.15) is 31.9 Å². The van der Waals surface area contributed by atoms with Crippen molar-refractivity contribution in [3.8, 4) is 0 Å². The highest BCUT2D eigenvalue weighted by molar-refractivity contribution is 7.99. The number of aliphatic hydroxyl groups is 1. The number of anilines is 2. The van der Waals surface area contributed by atoms with Crippen LogP contribution in [-0.2, 0) is 11.3 Å². The molecule has 3 N–H and O–H groups in total. The lowest BCUT2D eigenvalue weighted by Gasteiger charge is -2.39. The Morgan fingerprint density at radius 1 is 1.39 bits per heavy atom. The van der Waals surface area contributed by atoms with Gasteiger partial charge < -0.3 is 20.5 Å². The summed E-state index contributed by atoms with van der Waals surface area (Å²) in [6.45, 7) is 4.71. The maximum absolute atomic E-state index is 9.88. The Bertz CT molecular complexity index is 860. The molecular formula is C19H24ClN5O2S. The SMILES string of the molecule is C[C@H]1CC2(CCN(c3cnc(Sc4ccnc(N)c4Cl)nc3CO)CC2)CO1. The molecular weight excluding hydrogens is 398 g/mol. The van der Waals surface area contributed by atoms with Crippen LogP contribution in [0.4, 0.5) is 11.5 Å². The number of rotatable bonds is 4. The minimum absolute atomic E-state index is 0.139. The number of aliphatic hydroxyl groups excluding tert-OH is 1. The molecule has 2 aromatic rings. The average Bonchev–Trinajstić information content (AvgIpc) is 3.06. The minimum Gasteiger partial charge on any atom is -0.390 e. The Hall–Kier alpha value is -1.61. The second-order valence-corrected chi connectivity index (χ2v) is 8.95. The smallest absolute Gasteiger partial charge is 0.192 e. The number of piperidine rings is 1. The summed E-state index contributed by atoms with van der Waals surface area (Å²) in [5.74, 6) is 0.276. The molecule has 0 amide bonds. The molecule has 2 aliphatic heterocycles. The minimum atomic E-state index is -0.139. The third kappa shape index (κ3) is 3.91. The van der Waals surface area contributed by atoms with Gasteiger partial charge in [0.15, 0.2) is 5.16 Å². The Balaban J connectivity index is 1.49. The van der Waals surface area contributed by atoms with E-state index in [9.17, 15) is 5.11 Å². The van der Waals surface area contributed by atoms with Crippen molar-refractivity contribution >= 4 is 34.9 Å². The Morgan fingerprint density at radius 2 is 2.18 bits per heavy atom. The van der Waals surface area contributed by atoms with E-state index in [0.29, 0.717) is 27.4 Å². The molecule has 0 unspecified atom stereocenters. The number of hydrogen-bond acceptors (Lipinski definition) is 8. The fraction of sp³-hybridized carbons (Fsp3) is 0.526. The zero-order valence-corrected chi connectivity index (χ0v) is 17.3. The van der Waals surface area contributed by atoms with Crippen molar-refractivity contribution in [2.45, 2.75) is 48.9 Å². The Kier molecular flexibility index (Phi) is 5.64. The van der Waals surface area contributed by atoms with Crippen LogP contribution < -0.4 is 10.6 Å². The van der Waals surface area contributed by atoms with E-state index >= 15 is 0 Å². The topological polar surface area (TPSA) is 97.4 Å².